The number of carbonyl (C=O) groups is 1. The molecule has 1 amide bonds. The summed E-state index contributed by atoms with van der Waals surface area (Å²) in [5, 5.41) is 10.4. The number of amides is 1. The van der Waals surface area contributed by atoms with Crippen molar-refractivity contribution < 1.29 is 22.7 Å². The fraction of sp³-hybridized carbons (Fsp3) is 0.417. The molecule has 0 atom stereocenters. The van der Waals surface area contributed by atoms with Gasteiger partial charge in [0.25, 0.3) is 5.91 Å². The zero-order valence-electron chi connectivity index (χ0n) is 11.7. The second-order valence-electron chi connectivity index (χ2n) is 4.35. The minimum Gasteiger partial charge on any atom is -0.350 e. The van der Waals surface area contributed by atoms with Gasteiger partial charge in [-0.05, 0) is 13.0 Å². The zero-order valence-corrected chi connectivity index (χ0v) is 11.7. The summed E-state index contributed by atoms with van der Waals surface area (Å²) in [6.45, 7) is 0.673. The van der Waals surface area contributed by atoms with Crippen molar-refractivity contribution in [2.24, 2.45) is 0 Å². The number of nitrogens with one attached hydrogen (secondary N) is 1. The van der Waals surface area contributed by atoms with Crippen molar-refractivity contribution in [2.45, 2.75) is 26.4 Å². The van der Waals surface area contributed by atoms with Crippen LogP contribution in [0.4, 0.5) is 18.9 Å². The molecule has 7 nitrogen and oxygen atoms in total. The van der Waals surface area contributed by atoms with Gasteiger partial charge in [-0.25, -0.2) is 4.68 Å². The van der Waals surface area contributed by atoms with Gasteiger partial charge in [0.1, 0.15) is 19.0 Å². The van der Waals surface area contributed by atoms with Crippen molar-refractivity contribution in [2.75, 3.05) is 11.9 Å². The Morgan fingerprint density at radius 2 is 2.18 bits per heavy atom. The lowest BCUT2D eigenvalue weighted by Gasteiger charge is -2.07. The third kappa shape index (κ3) is 4.32. The lowest BCUT2D eigenvalue weighted by molar-refractivity contribution is -0.182. The van der Waals surface area contributed by atoms with Gasteiger partial charge in [-0.1, -0.05) is 0 Å². The summed E-state index contributed by atoms with van der Waals surface area (Å²) in [6, 6.07) is 1.57. The van der Waals surface area contributed by atoms with Crippen molar-refractivity contribution in [3.63, 3.8) is 0 Å². The quantitative estimate of drug-likeness (QED) is 0.883. The maximum Gasteiger partial charge on any atom is 0.411 e. The molecule has 120 valence electrons. The van der Waals surface area contributed by atoms with E-state index in [1.807, 2.05) is 6.92 Å². The fourth-order valence-electron chi connectivity index (χ4n) is 1.73. The number of alkyl halides is 3. The second-order valence-corrected chi connectivity index (χ2v) is 4.35. The van der Waals surface area contributed by atoms with E-state index in [0.29, 0.717) is 17.9 Å². The van der Waals surface area contributed by atoms with Crippen molar-refractivity contribution in [3.05, 3.63) is 30.4 Å². The number of nitrogens with zero attached hydrogens (tertiary/aromatic N) is 4. The molecule has 2 aromatic heterocycles. The third-order valence-corrected chi connectivity index (χ3v) is 2.63. The Morgan fingerprint density at radius 1 is 1.41 bits per heavy atom. The van der Waals surface area contributed by atoms with Gasteiger partial charge in [0.15, 0.2) is 0 Å². The van der Waals surface area contributed by atoms with Crippen LogP contribution in [0, 0.1) is 0 Å². The highest BCUT2D eigenvalue weighted by atomic mass is 19.4. The second kappa shape index (κ2) is 6.60. The molecule has 0 aromatic carbocycles. The number of rotatable bonds is 6. The van der Waals surface area contributed by atoms with Crippen LogP contribution in [0.5, 0.6) is 0 Å². The average Bonchev–Trinajstić information content (AvgIpc) is 3.05. The molecule has 0 radical (unpaired) electrons. The molecule has 0 aliphatic carbocycles. The monoisotopic (exact) mass is 317 g/mol. The first-order valence-electron chi connectivity index (χ1n) is 6.39. The number of halogens is 3. The van der Waals surface area contributed by atoms with E-state index in [9.17, 15) is 18.0 Å². The molecule has 2 aromatic rings. The smallest absolute Gasteiger partial charge is 0.350 e. The number of ether oxygens (including phenoxy) is 1. The first-order valence-corrected chi connectivity index (χ1v) is 6.39. The van der Waals surface area contributed by atoms with Gasteiger partial charge in [0.2, 0.25) is 0 Å². The van der Waals surface area contributed by atoms with E-state index in [-0.39, 0.29) is 12.6 Å². The zero-order chi connectivity index (χ0) is 16.2. The van der Waals surface area contributed by atoms with Crippen molar-refractivity contribution in [3.8, 4) is 0 Å². The number of hydrogen-bond donors (Lipinski definition) is 1. The maximum absolute atomic E-state index is 12.0. The normalized spacial score (nSPS) is 11.6. The Labute approximate surface area is 123 Å². The molecule has 2 rings (SSSR count). The van der Waals surface area contributed by atoms with E-state index in [1.165, 1.54) is 23.3 Å². The number of aromatic nitrogens is 4. The van der Waals surface area contributed by atoms with Crippen LogP contribution >= 0.6 is 0 Å². The van der Waals surface area contributed by atoms with Crippen LogP contribution in [0.3, 0.4) is 0 Å². The fourth-order valence-corrected chi connectivity index (χ4v) is 1.73. The van der Waals surface area contributed by atoms with Crippen LogP contribution in [-0.4, -0.2) is 38.3 Å². The molecule has 2 heterocycles. The molecule has 22 heavy (non-hydrogen) atoms. The molecular weight excluding hydrogens is 303 g/mol. The van der Waals surface area contributed by atoms with Gasteiger partial charge in [-0.2, -0.15) is 23.4 Å². The molecule has 0 bridgehead atoms. The third-order valence-electron chi connectivity index (χ3n) is 2.63. The number of hydrogen-bond acceptors (Lipinski definition) is 4. The van der Waals surface area contributed by atoms with Crippen LogP contribution in [0.1, 0.15) is 17.4 Å². The lowest BCUT2D eigenvalue weighted by Crippen LogP contribution is -2.18. The van der Waals surface area contributed by atoms with Gasteiger partial charge in [-0.3, -0.25) is 9.48 Å². The topological polar surface area (TPSA) is 74.0 Å². The molecule has 0 saturated carbocycles. The van der Waals surface area contributed by atoms with Crippen LogP contribution < -0.4 is 5.32 Å². The first kappa shape index (κ1) is 16.0. The highest BCUT2D eigenvalue weighted by Crippen LogP contribution is 2.15. The molecule has 0 saturated heterocycles. The van der Waals surface area contributed by atoms with E-state index in [1.54, 1.807) is 6.07 Å². The van der Waals surface area contributed by atoms with Crippen LogP contribution in [-0.2, 0) is 18.0 Å². The predicted molar refractivity (Wildman–Crippen MR) is 70.1 cm³/mol. The van der Waals surface area contributed by atoms with E-state index >= 15 is 0 Å². The van der Waals surface area contributed by atoms with Gasteiger partial charge in [-0.15, -0.1) is 0 Å². The highest BCUT2D eigenvalue weighted by Gasteiger charge is 2.27. The summed E-state index contributed by atoms with van der Waals surface area (Å²) in [5.74, 6) is -0.380. The summed E-state index contributed by atoms with van der Waals surface area (Å²) >= 11 is 0. The standard InChI is InChI=1S/C12H14F3N5O2/c1-2-20-10(3-4-16-20)11(21)18-9-5-17-19(6-9)8-22-7-12(13,14)15/h3-6H,2,7-8H2,1H3,(H,18,21). The minimum atomic E-state index is -4.39. The van der Waals surface area contributed by atoms with Crippen molar-refractivity contribution in [1.82, 2.24) is 19.6 Å². The molecule has 0 aliphatic rings. The summed E-state index contributed by atoms with van der Waals surface area (Å²) < 4.78 is 43.0. The summed E-state index contributed by atoms with van der Waals surface area (Å²) in [7, 11) is 0. The van der Waals surface area contributed by atoms with E-state index < -0.39 is 12.8 Å². The largest absolute Gasteiger partial charge is 0.411 e. The molecule has 0 aliphatic heterocycles. The summed E-state index contributed by atoms with van der Waals surface area (Å²) in [4.78, 5) is 12.0. The molecule has 0 unspecified atom stereocenters. The van der Waals surface area contributed by atoms with E-state index in [2.05, 4.69) is 20.3 Å². The highest BCUT2D eigenvalue weighted by molar-refractivity contribution is 6.02. The van der Waals surface area contributed by atoms with Gasteiger partial charge < -0.3 is 10.1 Å². The van der Waals surface area contributed by atoms with E-state index in [4.69, 9.17) is 0 Å². The van der Waals surface area contributed by atoms with Crippen LogP contribution in [0.25, 0.3) is 0 Å². The van der Waals surface area contributed by atoms with Crippen LogP contribution in [0.15, 0.2) is 24.7 Å². The lowest BCUT2D eigenvalue weighted by atomic mass is 10.4. The minimum absolute atomic E-state index is 0.351. The Morgan fingerprint density at radius 3 is 2.86 bits per heavy atom. The number of carbonyl (C=O) groups excluding carboxylic acids is 1. The van der Waals surface area contributed by atoms with Gasteiger partial charge in [0.05, 0.1) is 18.1 Å². The molecule has 10 heteroatoms. The predicted octanol–water partition coefficient (Wildman–Crippen LogP) is 1.89. The van der Waals surface area contributed by atoms with Crippen LogP contribution in [0.2, 0.25) is 0 Å². The van der Waals surface area contributed by atoms with E-state index in [0.717, 1.165) is 4.68 Å². The van der Waals surface area contributed by atoms with Gasteiger partial charge in [0, 0.05) is 12.7 Å². The summed E-state index contributed by atoms with van der Waals surface area (Å²) in [6.07, 6.45) is -0.183. The Bertz CT molecular complexity index is 635. The number of anilines is 1. The Balaban J connectivity index is 1.90. The van der Waals surface area contributed by atoms with Crippen molar-refractivity contribution >= 4 is 11.6 Å². The SMILES string of the molecule is CCn1nccc1C(=O)Nc1cnn(COCC(F)(F)F)c1. The summed E-state index contributed by atoms with van der Waals surface area (Å²) in [5.41, 5.74) is 0.730. The molecular formula is C12H14F3N5O2. The van der Waals surface area contributed by atoms with Crippen molar-refractivity contribution in [1.29, 1.82) is 0 Å². The maximum atomic E-state index is 12.0. The number of aryl methyl sites for hydroxylation is 1. The molecule has 0 fully saturated rings. The molecule has 1 N–H and O–H groups in total. The Kier molecular flexibility index (Phi) is 4.81. The first-order chi connectivity index (χ1) is 10.4. The average molecular weight is 317 g/mol. The molecule has 0 spiro atoms. The Hall–Kier alpha value is -2.36. The van der Waals surface area contributed by atoms with Gasteiger partial charge >= 0.3 is 6.18 Å².